The van der Waals surface area contributed by atoms with E-state index in [1.54, 1.807) is 6.20 Å². The number of aromatic nitrogens is 3. The predicted molar refractivity (Wildman–Crippen MR) is 81.4 cm³/mol. The monoisotopic (exact) mass is 286 g/mol. The number of rotatable bonds is 5. The smallest absolute Gasteiger partial charge is 0.179 e. The van der Waals surface area contributed by atoms with Gasteiger partial charge in [-0.25, -0.2) is 0 Å². The van der Waals surface area contributed by atoms with Crippen molar-refractivity contribution in [2.45, 2.75) is 31.7 Å². The van der Waals surface area contributed by atoms with Crippen molar-refractivity contribution in [1.29, 1.82) is 0 Å². The number of ketones is 1. The Morgan fingerprint density at radius 1 is 1.38 bits per heavy atom. The molecule has 2 aromatic rings. The topological polar surface area (TPSA) is 51.9 Å². The quantitative estimate of drug-likeness (QED) is 0.855. The van der Waals surface area contributed by atoms with Gasteiger partial charge in [0, 0.05) is 37.6 Å². The minimum atomic E-state index is 0.222. The van der Waals surface area contributed by atoms with E-state index in [9.17, 15) is 4.79 Å². The van der Waals surface area contributed by atoms with E-state index in [1.165, 1.54) is 0 Å². The van der Waals surface area contributed by atoms with Gasteiger partial charge < -0.3 is 9.88 Å². The molecule has 5 heteroatoms. The van der Waals surface area contributed by atoms with Crippen LogP contribution >= 0.6 is 0 Å². The van der Waals surface area contributed by atoms with E-state index in [0.29, 0.717) is 12.5 Å². The van der Waals surface area contributed by atoms with E-state index in [-0.39, 0.29) is 5.78 Å². The molecule has 1 fully saturated rings. The summed E-state index contributed by atoms with van der Waals surface area (Å²) in [5, 5.41) is 7.51. The molecule has 0 saturated carbocycles. The van der Waals surface area contributed by atoms with Crippen molar-refractivity contribution < 1.29 is 4.79 Å². The first-order valence-electron chi connectivity index (χ1n) is 7.63. The maximum absolute atomic E-state index is 12.5. The van der Waals surface area contributed by atoms with Gasteiger partial charge in [0.1, 0.15) is 0 Å². The lowest BCUT2D eigenvalue weighted by molar-refractivity contribution is 0.0970. The van der Waals surface area contributed by atoms with Crippen LogP contribution in [0, 0.1) is 0 Å². The lowest BCUT2D eigenvalue weighted by atomic mass is 10.1. The maximum atomic E-state index is 12.5. The van der Waals surface area contributed by atoms with Gasteiger partial charge in [0.25, 0.3) is 0 Å². The van der Waals surface area contributed by atoms with Crippen LogP contribution in [0.3, 0.4) is 0 Å². The molecule has 21 heavy (non-hydrogen) atoms. The molecule has 3 heterocycles. The fourth-order valence-corrected chi connectivity index (χ4v) is 3.05. The van der Waals surface area contributed by atoms with Crippen molar-refractivity contribution in [3.05, 3.63) is 42.0 Å². The molecular formula is C16H22N4O. The summed E-state index contributed by atoms with van der Waals surface area (Å²) < 4.78 is 4.01. The molecule has 2 aromatic heterocycles. The number of hydrogen-bond donors (Lipinski definition) is 1. The van der Waals surface area contributed by atoms with Crippen molar-refractivity contribution in [3.8, 4) is 0 Å². The Hall–Kier alpha value is -1.88. The van der Waals surface area contributed by atoms with Crippen molar-refractivity contribution in [3.63, 3.8) is 0 Å². The maximum Gasteiger partial charge on any atom is 0.179 e. The van der Waals surface area contributed by atoms with Gasteiger partial charge in [0.15, 0.2) is 5.78 Å². The molecule has 112 valence electrons. The summed E-state index contributed by atoms with van der Waals surface area (Å²) in [5.74, 6) is 0.222. The molecule has 0 atom stereocenters. The van der Waals surface area contributed by atoms with Gasteiger partial charge in [-0.1, -0.05) is 0 Å². The summed E-state index contributed by atoms with van der Waals surface area (Å²) in [6.45, 7) is 2.07. The molecule has 0 aliphatic carbocycles. The van der Waals surface area contributed by atoms with Crippen LogP contribution in [0.5, 0.6) is 0 Å². The number of nitrogens with zero attached hydrogens (tertiary/aromatic N) is 3. The Kier molecular flexibility index (Phi) is 4.20. The van der Waals surface area contributed by atoms with Gasteiger partial charge in [-0.15, -0.1) is 0 Å². The molecule has 0 radical (unpaired) electrons. The van der Waals surface area contributed by atoms with Crippen molar-refractivity contribution >= 4 is 5.78 Å². The average Bonchev–Trinajstić information content (AvgIpc) is 3.15. The number of piperidine rings is 1. The van der Waals surface area contributed by atoms with Gasteiger partial charge in [0.2, 0.25) is 0 Å². The van der Waals surface area contributed by atoms with E-state index in [0.717, 1.165) is 43.7 Å². The molecule has 0 amide bonds. The normalized spacial score (nSPS) is 16.2. The largest absolute Gasteiger partial charge is 0.342 e. The van der Waals surface area contributed by atoms with Gasteiger partial charge in [-0.2, -0.15) is 5.10 Å². The Bertz CT molecular complexity index is 607. The summed E-state index contributed by atoms with van der Waals surface area (Å²) in [6, 6.07) is 6.36. The van der Waals surface area contributed by atoms with E-state index in [1.807, 2.05) is 36.1 Å². The van der Waals surface area contributed by atoms with Gasteiger partial charge in [0.05, 0.1) is 5.69 Å². The molecule has 1 N–H and O–H groups in total. The minimum Gasteiger partial charge on any atom is -0.342 e. The lowest BCUT2D eigenvalue weighted by Gasteiger charge is -2.25. The molecule has 0 unspecified atom stereocenters. The zero-order valence-electron chi connectivity index (χ0n) is 12.5. The highest BCUT2D eigenvalue weighted by Crippen LogP contribution is 2.22. The number of aryl methyl sites for hydroxylation is 2. The number of carbonyl (C=O) groups is 1. The van der Waals surface area contributed by atoms with Crippen LogP contribution in [-0.4, -0.2) is 33.2 Å². The summed E-state index contributed by atoms with van der Waals surface area (Å²) in [7, 11) is 1.91. The molecule has 3 rings (SSSR count). The van der Waals surface area contributed by atoms with Crippen LogP contribution in [0.4, 0.5) is 0 Å². The van der Waals surface area contributed by atoms with Crippen LogP contribution in [0.25, 0.3) is 0 Å². The van der Waals surface area contributed by atoms with Crippen molar-refractivity contribution in [2.24, 2.45) is 7.05 Å². The second-order valence-electron chi connectivity index (χ2n) is 5.65. The number of carbonyl (C=O) groups excluding carboxylic acids is 1. The van der Waals surface area contributed by atoms with Crippen LogP contribution in [0.1, 0.15) is 41.5 Å². The molecule has 0 aromatic carbocycles. The summed E-state index contributed by atoms with van der Waals surface area (Å²) in [4.78, 5) is 12.5. The Morgan fingerprint density at radius 2 is 2.19 bits per heavy atom. The first kappa shape index (κ1) is 14.1. The molecule has 1 aliphatic heterocycles. The van der Waals surface area contributed by atoms with E-state index in [2.05, 4.69) is 15.0 Å². The average molecular weight is 286 g/mol. The van der Waals surface area contributed by atoms with Gasteiger partial charge >= 0.3 is 0 Å². The van der Waals surface area contributed by atoms with Gasteiger partial charge in [-0.05, 0) is 50.6 Å². The third-order valence-corrected chi connectivity index (χ3v) is 4.30. The SMILES string of the molecule is Cn1nccc1CCC(=O)c1cccn1C1CCNCC1. The number of Topliss-reactive ketones (excluding diaryl/α,β-unsaturated/α-hetero) is 1. The standard InChI is InChI=1S/C16H22N4O/c1-19-13(8-11-18-19)4-5-16(21)15-3-2-12-20(15)14-6-9-17-10-7-14/h2-3,8,11-12,14,17H,4-7,9-10H2,1H3. The van der Waals surface area contributed by atoms with Crippen LogP contribution in [-0.2, 0) is 13.5 Å². The molecule has 5 nitrogen and oxygen atoms in total. The zero-order valence-corrected chi connectivity index (χ0v) is 12.5. The Morgan fingerprint density at radius 3 is 2.90 bits per heavy atom. The highest BCUT2D eigenvalue weighted by molar-refractivity contribution is 5.94. The highest BCUT2D eigenvalue weighted by atomic mass is 16.1. The highest BCUT2D eigenvalue weighted by Gasteiger charge is 2.19. The van der Waals surface area contributed by atoms with E-state index in [4.69, 9.17) is 0 Å². The second kappa shape index (κ2) is 6.26. The van der Waals surface area contributed by atoms with Crippen LogP contribution in [0.15, 0.2) is 30.6 Å². The Balaban J connectivity index is 1.67. The fourth-order valence-electron chi connectivity index (χ4n) is 3.05. The van der Waals surface area contributed by atoms with E-state index >= 15 is 0 Å². The Labute approximate surface area is 125 Å². The third kappa shape index (κ3) is 3.08. The number of nitrogens with one attached hydrogen (secondary N) is 1. The zero-order chi connectivity index (χ0) is 14.7. The van der Waals surface area contributed by atoms with Crippen molar-refractivity contribution in [2.75, 3.05) is 13.1 Å². The molecular weight excluding hydrogens is 264 g/mol. The van der Waals surface area contributed by atoms with Crippen LogP contribution < -0.4 is 5.32 Å². The van der Waals surface area contributed by atoms with E-state index < -0.39 is 0 Å². The lowest BCUT2D eigenvalue weighted by Crippen LogP contribution is -2.30. The first-order chi connectivity index (χ1) is 10.3. The molecule has 1 saturated heterocycles. The van der Waals surface area contributed by atoms with Crippen molar-refractivity contribution in [1.82, 2.24) is 19.7 Å². The summed E-state index contributed by atoms with van der Waals surface area (Å²) in [6.07, 6.45) is 7.29. The molecule has 1 aliphatic rings. The van der Waals surface area contributed by atoms with Gasteiger partial charge in [-0.3, -0.25) is 9.48 Å². The summed E-state index contributed by atoms with van der Waals surface area (Å²) in [5.41, 5.74) is 1.95. The second-order valence-corrected chi connectivity index (χ2v) is 5.65. The summed E-state index contributed by atoms with van der Waals surface area (Å²) >= 11 is 0. The third-order valence-electron chi connectivity index (χ3n) is 4.30. The van der Waals surface area contributed by atoms with Crippen LogP contribution in [0.2, 0.25) is 0 Å². The first-order valence-corrected chi connectivity index (χ1v) is 7.63. The predicted octanol–water partition coefficient (Wildman–Crippen LogP) is 1.96. The molecule has 0 spiro atoms. The minimum absolute atomic E-state index is 0.222. The molecule has 0 bridgehead atoms. The number of hydrogen-bond acceptors (Lipinski definition) is 3. The fraction of sp³-hybridized carbons (Fsp3) is 0.500.